The molecule has 110 valence electrons. The molecule has 3 rings (SSSR count). The average Bonchev–Trinajstić information content (AvgIpc) is 2.49. The highest BCUT2D eigenvalue weighted by atomic mass is 16.5. The zero-order valence-corrected chi connectivity index (χ0v) is 12.8. The molecule has 1 aromatic rings. The molecule has 1 saturated carbocycles. The van der Waals surface area contributed by atoms with E-state index in [9.17, 15) is 0 Å². The highest BCUT2D eigenvalue weighted by Crippen LogP contribution is 2.33. The molecule has 0 spiro atoms. The van der Waals surface area contributed by atoms with Crippen molar-refractivity contribution in [2.45, 2.75) is 64.0 Å². The van der Waals surface area contributed by atoms with E-state index < -0.39 is 0 Å². The number of fused-ring (bicyclic) bond motifs is 1. The fourth-order valence-corrected chi connectivity index (χ4v) is 3.70. The van der Waals surface area contributed by atoms with Crippen LogP contribution in [0.15, 0.2) is 18.2 Å². The van der Waals surface area contributed by atoms with E-state index >= 15 is 0 Å². The fraction of sp³-hybridized carbons (Fsp3) is 0.667. The predicted octanol–water partition coefficient (Wildman–Crippen LogP) is 4.24. The Bertz CT molecular complexity index is 449. The molecule has 0 heterocycles. The molecule has 0 aliphatic heterocycles. The average molecular weight is 273 g/mol. The molecule has 2 heteroatoms. The van der Waals surface area contributed by atoms with Crippen molar-refractivity contribution in [3.05, 3.63) is 29.3 Å². The van der Waals surface area contributed by atoms with Crippen molar-refractivity contribution in [3.8, 4) is 5.75 Å². The molecule has 1 fully saturated rings. The first kappa shape index (κ1) is 13.9. The largest absolute Gasteiger partial charge is 0.490 e. The quantitative estimate of drug-likeness (QED) is 0.889. The maximum absolute atomic E-state index is 6.22. The summed E-state index contributed by atoms with van der Waals surface area (Å²) in [6.45, 7) is 2.35. The first-order valence-electron chi connectivity index (χ1n) is 8.23. The van der Waals surface area contributed by atoms with E-state index in [0.717, 1.165) is 11.7 Å². The van der Waals surface area contributed by atoms with Gasteiger partial charge < -0.3 is 10.1 Å². The van der Waals surface area contributed by atoms with Crippen molar-refractivity contribution in [2.24, 2.45) is 5.92 Å². The molecular formula is C18H27NO. The SMILES string of the molecule is CNC1CCCc2cc(OC3CCC(C)CC3)ccc21. The van der Waals surface area contributed by atoms with Gasteiger partial charge in [-0.1, -0.05) is 13.0 Å². The molecular weight excluding hydrogens is 246 g/mol. The molecule has 0 aromatic heterocycles. The van der Waals surface area contributed by atoms with E-state index in [-0.39, 0.29) is 0 Å². The Kier molecular flexibility index (Phi) is 4.30. The molecule has 2 aliphatic rings. The summed E-state index contributed by atoms with van der Waals surface area (Å²) in [5, 5.41) is 3.42. The maximum Gasteiger partial charge on any atom is 0.120 e. The van der Waals surface area contributed by atoms with Crippen molar-refractivity contribution in [2.75, 3.05) is 7.05 Å². The van der Waals surface area contributed by atoms with Crippen molar-refractivity contribution in [1.29, 1.82) is 0 Å². The summed E-state index contributed by atoms with van der Waals surface area (Å²) in [6.07, 6.45) is 9.25. The Morgan fingerprint density at radius 3 is 2.65 bits per heavy atom. The lowest BCUT2D eigenvalue weighted by Gasteiger charge is -2.29. The van der Waals surface area contributed by atoms with Crippen LogP contribution in [0.1, 0.15) is 62.6 Å². The molecule has 2 nitrogen and oxygen atoms in total. The summed E-state index contributed by atoms with van der Waals surface area (Å²) in [4.78, 5) is 0. The number of hydrogen-bond donors (Lipinski definition) is 1. The molecule has 1 unspecified atom stereocenters. The summed E-state index contributed by atoms with van der Waals surface area (Å²) in [5.41, 5.74) is 2.96. The van der Waals surface area contributed by atoms with E-state index in [4.69, 9.17) is 4.74 Å². The third kappa shape index (κ3) is 3.01. The van der Waals surface area contributed by atoms with Crippen molar-refractivity contribution < 1.29 is 4.74 Å². The fourth-order valence-electron chi connectivity index (χ4n) is 3.70. The first-order chi connectivity index (χ1) is 9.76. The van der Waals surface area contributed by atoms with Gasteiger partial charge in [0.05, 0.1) is 6.10 Å². The van der Waals surface area contributed by atoms with E-state index in [0.29, 0.717) is 12.1 Å². The van der Waals surface area contributed by atoms with Crippen LogP contribution in [0.25, 0.3) is 0 Å². The Balaban J connectivity index is 1.69. The Morgan fingerprint density at radius 1 is 1.10 bits per heavy atom. The van der Waals surface area contributed by atoms with Crippen LogP contribution in [0.4, 0.5) is 0 Å². The number of nitrogens with one attached hydrogen (secondary N) is 1. The van der Waals surface area contributed by atoms with Crippen LogP contribution >= 0.6 is 0 Å². The standard InChI is InChI=1S/C18H27NO/c1-13-6-8-15(9-7-13)20-16-10-11-17-14(12-16)4-3-5-18(17)19-2/h10-13,15,18-19H,3-9H2,1-2H3. The Morgan fingerprint density at radius 2 is 1.90 bits per heavy atom. The van der Waals surface area contributed by atoms with E-state index in [1.807, 2.05) is 0 Å². The van der Waals surface area contributed by atoms with Gasteiger partial charge in [-0.05, 0) is 81.2 Å². The number of benzene rings is 1. The van der Waals surface area contributed by atoms with Crippen LogP contribution in [-0.4, -0.2) is 13.2 Å². The molecule has 1 N–H and O–H groups in total. The number of hydrogen-bond acceptors (Lipinski definition) is 2. The second-order valence-electron chi connectivity index (χ2n) is 6.59. The summed E-state index contributed by atoms with van der Waals surface area (Å²) in [7, 11) is 2.06. The molecule has 0 bridgehead atoms. The zero-order valence-electron chi connectivity index (χ0n) is 12.8. The number of rotatable bonds is 3. The van der Waals surface area contributed by atoms with Gasteiger partial charge in [-0.25, -0.2) is 0 Å². The van der Waals surface area contributed by atoms with Crippen LogP contribution in [0, 0.1) is 5.92 Å². The van der Waals surface area contributed by atoms with Crippen LogP contribution in [0.3, 0.4) is 0 Å². The van der Waals surface area contributed by atoms with Crippen LogP contribution in [0.2, 0.25) is 0 Å². The maximum atomic E-state index is 6.22. The lowest BCUT2D eigenvalue weighted by Crippen LogP contribution is -2.24. The highest BCUT2D eigenvalue weighted by Gasteiger charge is 2.22. The van der Waals surface area contributed by atoms with Crippen molar-refractivity contribution in [1.82, 2.24) is 5.32 Å². The molecule has 0 saturated heterocycles. The molecule has 0 radical (unpaired) electrons. The summed E-state index contributed by atoms with van der Waals surface area (Å²) in [5.74, 6) is 1.97. The van der Waals surface area contributed by atoms with Crippen molar-refractivity contribution >= 4 is 0 Å². The Hall–Kier alpha value is -1.02. The van der Waals surface area contributed by atoms with Gasteiger partial charge in [0.2, 0.25) is 0 Å². The van der Waals surface area contributed by atoms with E-state index in [2.05, 4.69) is 37.5 Å². The van der Waals surface area contributed by atoms with Gasteiger partial charge in [0, 0.05) is 6.04 Å². The molecule has 1 aromatic carbocycles. The Labute approximate surface area is 122 Å². The second kappa shape index (κ2) is 6.17. The normalized spacial score (nSPS) is 29.8. The first-order valence-corrected chi connectivity index (χ1v) is 8.23. The minimum absolute atomic E-state index is 0.438. The minimum Gasteiger partial charge on any atom is -0.490 e. The van der Waals surface area contributed by atoms with Gasteiger partial charge in [-0.15, -0.1) is 0 Å². The smallest absolute Gasteiger partial charge is 0.120 e. The number of aryl methyl sites for hydroxylation is 1. The molecule has 2 aliphatic carbocycles. The van der Waals surface area contributed by atoms with Gasteiger partial charge in [0.15, 0.2) is 0 Å². The number of ether oxygens (including phenoxy) is 1. The van der Waals surface area contributed by atoms with Gasteiger partial charge in [0.25, 0.3) is 0 Å². The monoisotopic (exact) mass is 273 g/mol. The third-order valence-corrected chi connectivity index (χ3v) is 5.04. The lowest BCUT2D eigenvalue weighted by atomic mass is 9.87. The van der Waals surface area contributed by atoms with E-state index in [1.54, 1.807) is 0 Å². The predicted molar refractivity (Wildman–Crippen MR) is 83.2 cm³/mol. The third-order valence-electron chi connectivity index (χ3n) is 5.04. The summed E-state index contributed by atoms with van der Waals surface area (Å²) < 4.78 is 6.22. The topological polar surface area (TPSA) is 21.3 Å². The lowest BCUT2D eigenvalue weighted by molar-refractivity contribution is 0.135. The van der Waals surface area contributed by atoms with Crippen molar-refractivity contribution in [3.63, 3.8) is 0 Å². The van der Waals surface area contributed by atoms with Gasteiger partial charge in [0.1, 0.15) is 5.75 Å². The highest BCUT2D eigenvalue weighted by molar-refractivity contribution is 5.39. The molecule has 1 atom stereocenters. The van der Waals surface area contributed by atoms with Crippen LogP contribution in [-0.2, 0) is 6.42 Å². The minimum atomic E-state index is 0.438. The van der Waals surface area contributed by atoms with Gasteiger partial charge >= 0.3 is 0 Å². The zero-order chi connectivity index (χ0) is 13.9. The second-order valence-corrected chi connectivity index (χ2v) is 6.59. The summed E-state index contributed by atoms with van der Waals surface area (Å²) in [6, 6.07) is 7.27. The van der Waals surface area contributed by atoms with E-state index in [1.165, 1.54) is 56.1 Å². The van der Waals surface area contributed by atoms with Gasteiger partial charge in [-0.2, -0.15) is 0 Å². The van der Waals surface area contributed by atoms with Crippen LogP contribution < -0.4 is 10.1 Å². The summed E-state index contributed by atoms with van der Waals surface area (Å²) >= 11 is 0. The van der Waals surface area contributed by atoms with Crippen LogP contribution in [0.5, 0.6) is 5.75 Å². The molecule has 0 amide bonds. The molecule has 20 heavy (non-hydrogen) atoms. The van der Waals surface area contributed by atoms with Gasteiger partial charge in [-0.3, -0.25) is 0 Å².